The summed E-state index contributed by atoms with van der Waals surface area (Å²) in [5.41, 5.74) is 1.39. The monoisotopic (exact) mass is 597 g/mol. The SMILES string of the molecule is O=C(C=Cc1ccccc1)C1=C(O)C(=O)N(c2nnc(SCc3ccc(Cl)cc3Cl)s2)C1c1ccccc1F. The minimum atomic E-state index is -1.23. The van der Waals surface area contributed by atoms with Crippen molar-refractivity contribution in [3.05, 3.63) is 123 Å². The van der Waals surface area contributed by atoms with Crippen LogP contribution in [0, 0.1) is 5.82 Å². The number of hydrogen-bond acceptors (Lipinski definition) is 7. The number of aliphatic hydroxyl groups excluding tert-OH is 1. The third-order valence-electron chi connectivity index (χ3n) is 5.87. The van der Waals surface area contributed by atoms with E-state index in [-0.39, 0.29) is 16.3 Å². The zero-order chi connectivity index (χ0) is 27.5. The fourth-order valence-corrected chi connectivity index (χ4v) is 6.43. The number of allylic oxidation sites excluding steroid dienone is 1. The van der Waals surface area contributed by atoms with Gasteiger partial charge in [-0.25, -0.2) is 4.39 Å². The lowest BCUT2D eigenvalue weighted by molar-refractivity contribution is -0.117. The number of rotatable bonds is 8. The van der Waals surface area contributed by atoms with Crippen molar-refractivity contribution in [1.29, 1.82) is 0 Å². The standard InChI is InChI=1S/C28H18Cl2FN3O3S2/c29-18-12-11-17(20(30)14-18)15-38-28-33-32-27(39-28)34-24(19-8-4-5-9-21(19)31)23(25(36)26(34)37)22(35)13-10-16-6-2-1-3-7-16/h1-14,24,36H,15H2. The first-order chi connectivity index (χ1) is 18.8. The van der Waals surface area contributed by atoms with Crippen LogP contribution < -0.4 is 4.90 Å². The predicted molar refractivity (Wildman–Crippen MR) is 153 cm³/mol. The van der Waals surface area contributed by atoms with Gasteiger partial charge in [-0.2, -0.15) is 0 Å². The summed E-state index contributed by atoms with van der Waals surface area (Å²) < 4.78 is 15.5. The number of nitrogens with zero attached hydrogens (tertiary/aromatic N) is 3. The highest BCUT2D eigenvalue weighted by Gasteiger charge is 2.46. The second-order valence-electron chi connectivity index (χ2n) is 8.34. The van der Waals surface area contributed by atoms with E-state index in [0.29, 0.717) is 20.1 Å². The van der Waals surface area contributed by atoms with Gasteiger partial charge in [0.05, 0.1) is 5.57 Å². The third-order valence-corrected chi connectivity index (χ3v) is 8.56. The molecule has 1 unspecified atom stereocenters. The van der Waals surface area contributed by atoms with E-state index in [1.807, 2.05) is 18.2 Å². The molecular formula is C28H18Cl2FN3O3S2. The number of ketones is 1. The van der Waals surface area contributed by atoms with Crippen LogP contribution in [-0.4, -0.2) is 27.0 Å². The van der Waals surface area contributed by atoms with Crippen LogP contribution in [-0.2, 0) is 15.3 Å². The number of amides is 1. The average Bonchev–Trinajstić information content (AvgIpc) is 3.49. The Kier molecular flexibility index (Phi) is 8.13. The van der Waals surface area contributed by atoms with Crippen LogP contribution in [0.3, 0.4) is 0 Å². The Labute approximate surface area is 241 Å². The smallest absolute Gasteiger partial charge is 0.296 e. The molecule has 1 aliphatic heterocycles. The lowest BCUT2D eigenvalue weighted by Gasteiger charge is -2.24. The van der Waals surface area contributed by atoms with E-state index in [4.69, 9.17) is 23.2 Å². The summed E-state index contributed by atoms with van der Waals surface area (Å²) in [7, 11) is 0. The number of aliphatic hydroxyl groups is 1. The average molecular weight is 599 g/mol. The molecule has 1 N–H and O–H groups in total. The first-order valence-corrected chi connectivity index (χ1v) is 14.1. The van der Waals surface area contributed by atoms with Gasteiger partial charge in [-0.15, -0.1) is 10.2 Å². The molecule has 0 saturated heterocycles. The Morgan fingerprint density at radius 1 is 1.08 bits per heavy atom. The molecule has 39 heavy (non-hydrogen) atoms. The summed E-state index contributed by atoms with van der Waals surface area (Å²) in [5.74, 6) is -2.43. The van der Waals surface area contributed by atoms with Crippen LogP contribution in [0.1, 0.15) is 22.7 Å². The maximum atomic E-state index is 15.0. The van der Waals surface area contributed by atoms with E-state index in [2.05, 4.69) is 10.2 Å². The summed E-state index contributed by atoms with van der Waals surface area (Å²) in [6.07, 6.45) is 2.82. The van der Waals surface area contributed by atoms with Gasteiger partial charge in [-0.1, -0.05) is 107 Å². The molecule has 3 aromatic carbocycles. The number of anilines is 1. The Morgan fingerprint density at radius 3 is 2.56 bits per heavy atom. The molecule has 0 bridgehead atoms. The van der Waals surface area contributed by atoms with E-state index >= 15 is 4.39 Å². The van der Waals surface area contributed by atoms with Crippen molar-refractivity contribution in [2.24, 2.45) is 0 Å². The van der Waals surface area contributed by atoms with Crippen LogP contribution in [0.25, 0.3) is 6.08 Å². The lowest BCUT2D eigenvalue weighted by Crippen LogP contribution is -2.31. The number of carbonyl (C=O) groups is 2. The quantitative estimate of drug-likeness (QED) is 0.129. The largest absolute Gasteiger partial charge is 0.503 e. The molecule has 1 aromatic heterocycles. The number of aromatic nitrogens is 2. The molecule has 196 valence electrons. The molecule has 0 radical (unpaired) electrons. The molecule has 0 aliphatic carbocycles. The van der Waals surface area contributed by atoms with Crippen molar-refractivity contribution in [1.82, 2.24) is 10.2 Å². The second-order valence-corrected chi connectivity index (χ2v) is 11.4. The molecule has 5 rings (SSSR count). The molecule has 2 heterocycles. The van der Waals surface area contributed by atoms with Crippen LogP contribution in [0.2, 0.25) is 10.0 Å². The van der Waals surface area contributed by atoms with E-state index in [1.165, 1.54) is 36.0 Å². The first kappa shape index (κ1) is 27.1. The maximum absolute atomic E-state index is 15.0. The molecule has 1 aliphatic rings. The molecule has 0 spiro atoms. The number of halogens is 3. The molecule has 1 atom stereocenters. The van der Waals surface area contributed by atoms with Gasteiger partial charge in [-0.3, -0.25) is 14.5 Å². The van der Waals surface area contributed by atoms with Gasteiger partial charge in [0.25, 0.3) is 5.91 Å². The lowest BCUT2D eigenvalue weighted by atomic mass is 9.95. The van der Waals surface area contributed by atoms with Gasteiger partial charge in [0, 0.05) is 21.4 Å². The number of hydrogen-bond donors (Lipinski definition) is 1. The third kappa shape index (κ3) is 5.77. The number of benzene rings is 3. The second kappa shape index (κ2) is 11.7. The van der Waals surface area contributed by atoms with Gasteiger partial charge in [0.2, 0.25) is 5.13 Å². The fraction of sp³-hybridized carbons (Fsp3) is 0.0714. The van der Waals surface area contributed by atoms with Crippen molar-refractivity contribution in [3.8, 4) is 0 Å². The Hall–Kier alpha value is -3.50. The van der Waals surface area contributed by atoms with Gasteiger partial charge in [0.15, 0.2) is 15.9 Å². The molecular weight excluding hydrogens is 580 g/mol. The van der Waals surface area contributed by atoms with Crippen molar-refractivity contribution >= 4 is 69.2 Å². The highest BCUT2D eigenvalue weighted by Crippen LogP contribution is 2.44. The van der Waals surface area contributed by atoms with Gasteiger partial charge >= 0.3 is 0 Å². The molecule has 6 nitrogen and oxygen atoms in total. The Bertz CT molecular complexity index is 1630. The Morgan fingerprint density at radius 2 is 1.82 bits per heavy atom. The minimum absolute atomic E-state index is 0.0451. The van der Waals surface area contributed by atoms with E-state index in [9.17, 15) is 14.7 Å². The van der Waals surface area contributed by atoms with Crippen LogP contribution in [0.5, 0.6) is 0 Å². The fourth-order valence-electron chi connectivity index (χ4n) is 4.01. The molecule has 1 amide bonds. The van der Waals surface area contributed by atoms with Gasteiger partial charge in [-0.05, 0) is 35.4 Å². The molecule has 0 fully saturated rings. The minimum Gasteiger partial charge on any atom is -0.503 e. The first-order valence-electron chi connectivity index (χ1n) is 11.5. The highest BCUT2D eigenvalue weighted by molar-refractivity contribution is 8.00. The Balaban J connectivity index is 1.46. The predicted octanol–water partition coefficient (Wildman–Crippen LogP) is 7.46. The van der Waals surface area contributed by atoms with Crippen molar-refractivity contribution in [2.75, 3.05) is 4.90 Å². The van der Waals surface area contributed by atoms with E-state index in [1.54, 1.807) is 42.5 Å². The normalized spacial score (nSPS) is 15.5. The maximum Gasteiger partial charge on any atom is 0.296 e. The van der Waals surface area contributed by atoms with E-state index in [0.717, 1.165) is 27.4 Å². The van der Waals surface area contributed by atoms with Gasteiger partial charge < -0.3 is 5.11 Å². The number of carbonyl (C=O) groups excluding carboxylic acids is 2. The van der Waals surface area contributed by atoms with Crippen molar-refractivity contribution < 1.29 is 19.1 Å². The number of thioether (sulfide) groups is 1. The zero-order valence-corrected chi connectivity index (χ0v) is 23.1. The van der Waals surface area contributed by atoms with Crippen LogP contribution >= 0.6 is 46.3 Å². The topological polar surface area (TPSA) is 83.4 Å². The summed E-state index contributed by atoms with van der Waals surface area (Å²) >= 11 is 14.6. The molecule has 0 saturated carbocycles. The summed E-state index contributed by atoms with van der Waals surface area (Å²) in [6, 6.07) is 18.8. The summed E-state index contributed by atoms with van der Waals surface area (Å²) in [6.45, 7) is 0. The molecule has 4 aromatic rings. The van der Waals surface area contributed by atoms with Crippen molar-refractivity contribution in [2.45, 2.75) is 16.1 Å². The van der Waals surface area contributed by atoms with Crippen LogP contribution in [0.4, 0.5) is 9.52 Å². The molecule has 11 heteroatoms. The summed E-state index contributed by atoms with van der Waals surface area (Å²) in [4.78, 5) is 27.7. The summed E-state index contributed by atoms with van der Waals surface area (Å²) in [5, 5.41) is 20.3. The van der Waals surface area contributed by atoms with Crippen LogP contribution in [0.15, 0.2) is 94.5 Å². The zero-order valence-electron chi connectivity index (χ0n) is 19.9. The highest BCUT2D eigenvalue weighted by atomic mass is 35.5. The van der Waals surface area contributed by atoms with E-state index < -0.39 is 29.3 Å². The van der Waals surface area contributed by atoms with Crippen molar-refractivity contribution in [3.63, 3.8) is 0 Å². The van der Waals surface area contributed by atoms with Gasteiger partial charge in [0.1, 0.15) is 11.9 Å².